The maximum absolute atomic E-state index is 12.8. The molecule has 0 aliphatic heterocycles. The number of hydrogen-bond acceptors (Lipinski definition) is 5. The highest BCUT2D eigenvalue weighted by molar-refractivity contribution is 6.74. The number of rotatable bonds is 12. The highest BCUT2D eigenvalue weighted by Crippen LogP contribution is 2.37. The molecule has 0 rings (SSSR count). The number of hydroxylamine groups is 2. The van der Waals surface area contributed by atoms with Crippen LogP contribution < -0.4 is 0 Å². The van der Waals surface area contributed by atoms with E-state index in [1.165, 1.54) is 12.2 Å². The van der Waals surface area contributed by atoms with Crippen LogP contribution in [0.4, 0.5) is 0 Å². The third-order valence-electron chi connectivity index (χ3n) is 6.34. The molecule has 0 saturated heterocycles. The lowest BCUT2D eigenvalue weighted by atomic mass is 9.84. The number of ether oxygens (including phenoxy) is 1. The molecule has 0 bridgehead atoms. The minimum Gasteiger partial charge on any atom is -0.416 e. The molecular weight excluding hydrogens is 414 g/mol. The Hall–Kier alpha value is -0.256. The summed E-state index contributed by atoms with van der Waals surface area (Å²) in [4.78, 5) is 18.0. The minimum absolute atomic E-state index is 0.0175. The van der Waals surface area contributed by atoms with Crippen LogP contribution in [0.5, 0.6) is 0 Å². The second kappa shape index (κ2) is 11.6. The summed E-state index contributed by atoms with van der Waals surface area (Å²) in [6.07, 6.45) is -0.346. The molecule has 8 heteroatoms. The number of methoxy groups -OCH3 is 1. The largest absolute Gasteiger partial charge is 0.416 e. The van der Waals surface area contributed by atoms with Crippen LogP contribution in [-0.4, -0.2) is 67.7 Å². The van der Waals surface area contributed by atoms with Gasteiger partial charge in [-0.3, -0.25) is 9.63 Å². The van der Waals surface area contributed by atoms with Gasteiger partial charge in [0.1, 0.15) is 0 Å². The fourth-order valence-corrected chi connectivity index (χ4v) is 5.74. The fourth-order valence-electron chi connectivity index (χ4n) is 3.39. The number of hydrogen-bond donors (Lipinski definition) is 0. The first-order chi connectivity index (χ1) is 13.4. The van der Waals surface area contributed by atoms with Crippen molar-refractivity contribution in [2.45, 2.75) is 91.5 Å². The van der Waals surface area contributed by atoms with Gasteiger partial charge in [-0.05, 0) is 37.8 Å². The average Bonchev–Trinajstić information content (AvgIpc) is 2.61. The van der Waals surface area contributed by atoms with Crippen molar-refractivity contribution in [1.82, 2.24) is 5.06 Å². The highest BCUT2D eigenvalue weighted by atomic mass is 28.4. The Balaban J connectivity index is 5.59. The van der Waals surface area contributed by atoms with Crippen molar-refractivity contribution in [2.24, 2.45) is 17.8 Å². The lowest BCUT2D eigenvalue weighted by molar-refractivity contribution is -0.178. The van der Waals surface area contributed by atoms with Gasteiger partial charge in [0.05, 0.1) is 25.2 Å². The Bertz CT molecular complexity index is 531. The van der Waals surface area contributed by atoms with E-state index >= 15 is 0 Å². The highest BCUT2D eigenvalue weighted by Gasteiger charge is 2.41. The van der Waals surface area contributed by atoms with Gasteiger partial charge in [0.25, 0.3) is 5.91 Å². The Morgan fingerprint density at radius 3 is 1.83 bits per heavy atom. The summed E-state index contributed by atoms with van der Waals surface area (Å²) in [6.45, 7) is 24.6. The molecule has 1 amide bonds. The van der Waals surface area contributed by atoms with Crippen LogP contribution in [0.1, 0.15) is 41.5 Å². The summed E-state index contributed by atoms with van der Waals surface area (Å²) < 4.78 is 18.9. The van der Waals surface area contributed by atoms with Crippen LogP contribution in [0.25, 0.3) is 0 Å². The van der Waals surface area contributed by atoms with Crippen molar-refractivity contribution in [3.63, 3.8) is 0 Å². The van der Waals surface area contributed by atoms with E-state index in [2.05, 4.69) is 67.4 Å². The molecule has 6 nitrogen and oxygen atoms in total. The van der Waals surface area contributed by atoms with Crippen LogP contribution in [0, 0.1) is 17.8 Å². The van der Waals surface area contributed by atoms with Crippen LogP contribution in [0.2, 0.25) is 37.8 Å². The van der Waals surface area contributed by atoms with Gasteiger partial charge >= 0.3 is 0 Å². The molecule has 0 unspecified atom stereocenters. The predicted octanol–water partition coefficient (Wildman–Crippen LogP) is 5.17. The topological polar surface area (TPSA) is 57.2 Å². The molecule has 0 spiro atoms. The van der Waals surface area contributed by atoms with Crippen molar-refractivity contribution in [3.05, 3.63) is 0 Å². The fraction of sp³-hybridized carbons (Fsp3) is 0.955. The van der Waals surface area contributed by atoms with Gasteiger partial charge in [0.2, 0.25) is 0 Å². The van der Waals surface area contributed by atoms with E-state index in [4.69, 9.17) is 18.4 Å². The van der Waals surface area contributed by atoms with E-state index in [1.807, 2.05) is 6.92 Å². The third-order valence-corrected chi connectivity index (χ3v) is 11.8. The van der Waals surface area contributed by atoms with Crippen molar-refractivity contribution >= 4 is 22.5 Å². The second-order valence-electron chi connectivity index (χ2n) is 11.1. The van der Waals surface area contributed by atoms with Gasteiger partial charge in [-0.25, -0.2) is 5.06 Å². The molecule has 180 valence electrons. The van der Waals surface area contributed by atoms with Crippen molar-refractivity contribution < 1.29 is 23.2 Å². The molecule has 0 saturated carbocycles. The lowest BCUT2D eigenvalue weighted by Gasteiger charge is -2.41. The summed E-state index contributed by atoms with van der Waals surface area (Å²) in [5.74, 6) is -0.242. The van der Waals surface area contributed by atoms with Crippen LogP contribution in [0.3, 0.4) is 0 Å². The predicted molar refractivity (Wildman–Crippen MR) is 129 cm³/mol. The normalized spacial score (nSPS) is 18.5. The summed E-state index contributed by atoms with van der Waals surface area (Å²) in [5.41, 5.74) is 0. The minimum atomic E-state index is -1.89. The van der Waals surface area contributed by atoms with E-state index < -0.39 is 16.6 Å². The molecule has 0 aliphatic carbocycles. The monoisotopic (exact) mass is 463 g/mol. The number of amides is 1. The van der Waals surface area contributed by atoms with Crippen molar-refractivity contribution in [3.8, 4) is 0 Å². The Morgan fingerprint density at radius 1 is 0.967 bits per heavy atom. The zero-order chi connectivity index (χ0) is 24.1. The smallest absolute Gasteiger partial charge is 0.251 e. The number of carbonyl (C=O) groups excluding carboxylic acids is 1. The van der Waals surface area contributed by atoms with Gasteiger partial charge in [0.15, 0.2) is 16.6 Å². The SMILES string of the molecule is CO[C@@H]([C@@H](C)[C@H](O[Si](C)(C)C)[C@@H](C)C(=O)N(C)OC)[C@@H](C)CO[Si](C)(C)C(C)(C)C. The third kappa shape index (κ3) is 8.71. The number of nitrogens with zero attached hydrogens (tertiary/aromatic N) is 1. The summed E-state index contributed by atoms with van der Waals surface area (Å²) in [5, 5.41) is 1.44. The first-order valence-electron chi connectivity index (χ1n) is 11.1. The standard InChI is InChI=1S/C22H49NO5Si2/c1-16(15-27-30(13,14)22(4,5)6)19(25-8)17(2)20(28-29(10,11)12)18(3)21(24)23(7)26-9/h16-20H,15H2,1-14H3/t16-,17+,18+,19+,20-/m0/s1. The van der Waals surface area contributed by atoms with E-state index in [0.717, 1.165) is 0 Å². The van der Waals surface area contributed by atoms with E-state index in [9.17, 15) is 4.79 Å². The Kier molecular flexibility index (Phi) is 11.5. The molecule has 0 fully saturated rings. The Morgan fingerprint density at radius 2 is 1.47 bits per heavy atom. The zero-order valence-corrected chi connectivity index (χ0v) is 24.1. The van der Waals surface area contributed by atoms with Gasteiger partial charge in [0, 0.05) is 32.6 Å². The van der Waals surface area contributed by atoms with Crippen molar-refractivity contribution in [2.75, 3.05) is 27.9 Å². The molecule has 0 N–H and O–H groups in total. The zero-order valence-electron chi connectivity index (χ0n) is 22.1. The average molecular weight is 464 g/mol. The van der Waals surface area contributed by atoms with Gasteiger partial charge < -0.3 is 13.6 Å². The first-order valence-corrected chi connectivity index (χ1v) is 17.4. The number of carbonyl (C=O) groups is 1. The lowest BCUT2D eigenvalue weighted by Crippen LogP contribution is -2.50. The molecule has 5 atom stereocenters. The van der Waals surface area contributed by atoms with Crippen LogP contribution in [0.15, 0.2) is 0 Å². The summed E-state index contributed by atoms with van der Waals surface area (Å²) in [6, 6.07) is 0. The summed E-state index contributed by atoms with van der Waals surface area (Å²) >= 11 is 0. The maximum Gasteiger partial charge on any atom is 0.251 e. The second-order valence-corrected chi connectivity index (χ2v) is 20.4. The van der Waals surface area contributed by atoms with E-state index in [-0.39, 0.29) is 40.9 Å². The molecular formula is C22H49NO5Si2. The molecule has 0 radical (unpaired) electrons. The van der Waals surface area contributed by atoms with Crippen molar-refractivity contribution in [1.29, 1.82) is 0 Å². The van der Waals surface area contributed by atoms with Crippen LogP contribution in [-0.2, 0) is 23.2 Å². The molecule has 0 aromatic carbocycles. The van der Waals surface area contributed by atoms with E-state index in [1.54, 1.807) is 14.2 Å². The van der Waals surface area contributed by atoms with E-state index in [0.29, 0.717) is 6.61 Å². The maximum atomic E-state index is 12.8. The Labute approximate surface area is 188 Å². The van der Waals surface area contributed by atoms with Crippen LogP contribution >= 0.6 is 0 Å². The first kappa shape index (κ1) is 29.7. The van der Waals surface area contributed by atoms with Gasteiger partial charge in [-0.2, -0.15) is 0 Å². The van der Waals surface area contributed by atoms with Gasteiger partial charge in [-0.15, -0.1) is 0 Å². The molecule has 0 aromatic heterocycles. The molecule has 0 heterocycles. The van der Waals surface area contributed by atoms with Gasteiger partial charge in [-0.1, -0.05) is 41.5 Å². The quantitative estimate of drug-likeness (QED) is 0.295. The molecule has 0 aromatic rings. The molecule has 30 heavy (non-hydrogen) atoms. The molecule has 0 aliphatic rings. The summed E-state index contributed by atoms with van der Waals surface area (Å²) in [7, 11) is 1.14.